The number of nitrogens with zero attached hydrogens (tertiary/aromatic N) is 2. The molecule has 2 aromatic rings. The molecule has 0 bridgehead atoms. The van der Waals surface area contributed by atoms with Gasteiger partial charge in [-0.2, -0.15) is 5.10 Å². The lowest BCUT2D eigenvalue weighted by Crippen LogP contribution is -2.12. The van der Waals surface area contributed by atoms with Crippen LogP contribution in [0.4, 0.5) is 5.82 Å². The molecule has 0 radical (unpaired) electrons. The van der Waals surface area contributed by atoms with Gasteiger partial charge in [-0.1, -0.05) is 26.8 Å². The van der Waals surface area contributed by atoms with Gasteiger partial charge in [-0.05, 0) is 12.1 Å². The SMILES string of the molecule is CC(C)(C)c1cc(N)n(-c2cccc(OCCO)c2)n1. The lowest BCUT2D eigenvalue weighted by Gasteiger charge is -2.14. The number of hydrogen-bond acceptors (Lipinski definition) is 4. The van der Waals surface area contributed by atoms with Crippen molar-refractivity contribution >= 4 is 5.82 Å². The Morgan fingerprint density at radius 1 is 1.30 bits per heavy atom. The van der Waals surface area contributed by atoms with Gasteiger partial charge in [0, 0.05) is 17.5 Å². The van der Waals surface area contributed by atoms with Crippen LogP contribution >= 0.6 is 0 Å². The zero-order valence-corrected chi connectivity index (χ0v) is 12.1. The molecule has 5 heteroatoms. The summed E-state index contributed by atoms with van der Waals surface area (Å²) in [6.07, 6.45) is 0. The standard InChI is InChI=1S/C15H21N3O2/c1-15(2,3)13-10-14(16)18(17-13)11-5-4-6-12(9-11)20-8-7-19/h4-6,9-10,19H,7-8,16H2,1-3H3. The molecule has 0 unspecified atom stereocenters. The van der Waals surface area contributed by atoms with E-state index in [1.807, 2.05) is 30.3 Å². The summed E-state index contributed by atoms with van der Waals surface area (Å²) in [5.41, 5.74) is 7.77. The second-order valence-corrected chi connectivity index (χ2v) is 5.69. The van der Waals surface area contributed by atoms with E-state index >= 15 is 0 Å². The van der Waals surface area contributed by atoms with Crippen molar-refractivity contribution in [1.29, 1.82) is 0 Å². The first-order chi connectivity index (χ1) is 9.41. The van der Waals surface area contributed by atoms with E-state index in [4.69, 9.17) is 15.6 Å². The fourth-order valence-corrected chi connectivity index (χ4v) is 1.84. The molecular formula is C15H21N3O2. The van der Waals surface area contributed by atoms with Crippen molar-refractivity contribution in [2.24, 2.45) is 0 Å². The fourth-order valence-electron chi connectivity index (χ4n) is 1.84. The molecule has 0 aliphatic rings. The third kappa shape index (κ3) is 3.11. The number of nitrogen functional groups attached to an aromatic ring is 1. The van der Waals surface area contributed by atoms with Crippen LogP contribution in [0.3, 0.4) is 0 Å². The zero-order valence-electron chi connectivity index (χ0n) is 12.1. The van der Waals surface area contributed by atoms with E-state index in [0.717, 1.165) is 11.4 Å². The van der Waals surface area contributed by atoms with Crippen LogP contribution in [0.2, 0.25) is 0 Å². The van der Waals surface area contributed by atoms with Gasteiger partial charge >= 0.3 is 0 Å². The lowest BCUT2D eigenvalue weighted by atomic mass is 9.92. The fraction of sp³-hybridized carbons (Fsp3) is 0.400. The van der Waals surface area contributed by atoms with E-state index in [9.17, 15) is 0 Å². The minimum atomic E-state index is -0.0512. The number of aliphatic hydroxyl groups excluding tert-OH is 1. The summed E-state index contributed by atoms with van der Waals surface area (Å²) in [6.45, 7) is 6.55. The summed E-state index contributed by atoms with van der Waals surface area (Å²) in [6, 6.07) is 9.37. The Morgan fingerprint density at radius 2 is 2.05 bits per heavy atom. The van der Waals surface area contributed by atoms with Gasteiger partial charge in [0.1, 0.15) is 18.2 Å². The highest BCUT2D eigenvalue weighted by atomic mass is 16.5. The van der Waals surface area contributed by atoms with Crippen molar-refractivity contribution < 1.29 is 9.84 Å². The lowest BCUT2D eigenvalue weighted by molar-refractivity contribution is 0.201. The number of nitrogens with two attached hydrogens (primary N) is 1. The first-order valence-corrected chi connectivity index (χ1v) is 6.62. The van der Waals surface area contributed by atoms with Crippen LogP contribution in [0, 0.1) is 0 Å². The maximum Gasteiger partial charge on any atom is 0.127 e. The van der Waals surface area contributed by atoms with E-state index in [1.165, 1.54) is 0 Å². The predicted molar refractivity (Wildman–Crippen MR) is 79.3 cm³/mol. The predicted octanol–water partition coefficient (Wildman–Crippen LogP) is 2.12. The van der Waals surface area contributed by atoms with Gasteiger partial charge in [-0.25, -0.2) is 4.68 Å². The summed E-state index contributed by atoms with van der Waals surface area (Å²) in [5, 5.41) is 13.3. The van der Waals surface area contributed by atoms with Crippen LogP contribution in [-0.2, 0) is 5.41 Å². The van der Waals surface area contributed by atoms with Crippen molar-refractivity contribution in [3.05, 3.63) is 36.0 Å². The third-order valence-electron chi connectivity index (χ3n) is 2.93. The van der Waals surface area contributed by atoms with Gasteiger partial charge < -0.3 is 15.6 Å². The molecule has 0 aliphatic carbocycles. The van der Waals surface area contributed by atoms with Gasteiger partial charge in [-0.3, -0.25) is 0 Å². The first kappa shape index (κ1) is 14.4. The van der Waals surface area contributed by atoms with E-state index in [-0.39, 0.29) is 18.6 Å². The Kier molecular flexibility index (Phi) is 3.99. The van der Waals surface area contributed by atoms with Crippen molar-refractivity contribution in [3.8, 4) is 11.4 Å². The van der Waals surface area contributed by atoms with E-state index in [0.29, 0.717) is 11.6 Å². The number of benzene rings is 1. The third-order valence-corrected chi connectivity index (χ3v) is 2.93. The van der Waals surface area contributed by atoms with Crippen molar-refractivity contribution in [3.63, 3.8) is 0 Å². The Hall–Kier alpha value is -2.01. The van der Waals surface area contributed by atoms with Gasteiger partial charge in [-0.15, -0.1) is 0 Å². The van der Waals surface area contributed by atoms with Crippen LogP contribution in [0.1, 0.15) is 26.5 Å². The minimum Gasteiger partial charge on any atom is -0.491 e. The number of hydrogen-bond donors (Lipinski definition) is 2. The van der Waals surface area contributed by atoms with Crippen molar-refractivity contribution in [2.45, 2.75) is 26.2 Å². The average molecular weight is 275 g/mol. The molecule has 5 nitrogen and oxygen atoms in total. The van der Waals surface area contributed by atoms with Gasteiger partial charge in [0.05, 0.1) is 18.0 Å². The monoisotopic (exact) mass is 275 g/mol. The van der Waals surface area contributed by atoms with Gasteiger partial charge in [0.2, 0.25) is 0 Å². The van der Waals surface area contributed by atoms with Gasteiger partial charge in [0.15, 0.2) is 0 Å². The molecule has 0 amide bonds. The molecule has 1 aromatic carbocycles. The van der Waals surface area contributed by atoms with Crippen LogP contribution in [0.5, 0.6) is 5.75 Å². The van der Waals surface area contributed by atoms with E-state index < -0.39 is 0 Å². The molecule has 1 heterocycles. The summed E-state index contributed by atoms with van der Waals surface area (Å²) in [4.78, 5) is 0. The maximum absolute atomic E-state index is 8.79. The number of aliphatic hydroxyl groups is 1. The average Bonchev–Trinajstić information content (AvgIpc) is 2.79. The van der Waals surface area contributed by atoms with Gasteiger partial charge in [0.25, 0.3) is 0 Å². The molecular weight excluding hydrogens is 254 g/mol. The van der Waals surface area contributed by atoms with E-state index in [1.54, 1.807) is 4.68 Å². The normalized spacial score (nSPS) is 11.6. The molecule has 0 atom stereocenters. The molecule has 0 spiro atoms. The smallest absolute Gasteiger partial charge is 0.127 e. The Morgan fingerprint density at radius 3 is 2.65 bits per heavy atom. The largest absolute Gasteiger partial charge is 0.491 e. The molecule has 20 heavy (non-hydrogen) atoms. The number of anilines is 1. The molecule has 0 saturated carbocycles. The zero-order chi connectivity index (χ0) is 14.8. The molecule has 0 aliphatic heterocycles. The second kappa shape index (κ2) is 5.54. The number of ether oxygens (including phenoxy) is 1. The minimum absolute atomic E-state index is 0.0116. The summed E-state index contributed by atoms with van der Waals surface area (Å²) >= 11 is 0. The van der Waals surface area contributed by atoms with Crippen molar-refractivity contribution in [1.82, 2.24) is 9.78 Å². The van der Waals surface area contributed by atoms with Crippen LogP contribution in [-0.4, -0.2) is 28.1 Å². The van der Waals surface area contributed by atoms with E-state index in [2.05, 4.69) is 25.9 Å². The summed E-state index contributed by atoms with van der Waals surface area (Å²) < 4.78 is 7.10. The molecule has 2 rings (SSSR count). The quantitative estimate of drug-likeness (QED) is 0.896. The highest BCUT2D eigenvalue weighted by Crippen LogP contribution is 2.25. The van der Waals surface area contributed by atoms with Crippen molar-refractivity contribution in [2.75, 3.05) is 18.9 Å². The number of aromatic nitrogens is 2. The summed E-state index contributed by atoms with van der Waals surface area (Å²) in [5.74, 6) is 1.28. The second-order valence-electron chi connectivity index (χ2n) is 5.69. The molecule has 0 saturated heterocycles. The van der Waals surface area contributed by atoms with Crippen LogP contribution < -0.4 is 10.5 Å². The Bertz CT molecular complexity index is 585. The Balaban J connectivity index is 2.34. The number of rotatable bonds is 4. The van der Waals surface area contributed by atoms with Crippen LogP contribution in [0.15, 0.2) is 30.3 Å². The molecule has 1 aromatic heterocycles. The molecule has 0 fully saturated rings. The first-order valence-electron chi connectivity index (χ1n) is 6.62. The molecule has 3 N–H and O–H groups in total. The molecule has 108 valence electrons. The van der Waals surface area contributed by atoms with Crippen LogP contribution in [0.25, 0.3) is 5.69 Å². The highest BCUT2D eigenvalue weighted by Gasteiger charge is 2.19. The topological polar surface area (TPSA) is 73.3 Å². The highest BCUT2D eigenvalue weighted by molar-refractivity contribution is 5.46. The summed E-state index contributed by atoms with van der Waals surface area (Å²) in [7, 11) is 0. The Labute approximate surface area is 119 Å². The maximum atomic E-state index is 8.79.